The third-order valence-electron chi connectivity index (χ3n) is 3.17. The molecule has 0 saturated heterocycles. The highest BCUT2D eigenvalue weighted by molar-refractivity contribution is 5.78. The quantitative estimate of drug-likeness (QED) is 0.811. The van der Waals surface area contributed by atoms with E-state index in [1.54, 1.807) is 0 Å². The Kier molecular flexibility index (Phi) is 3.79. The number of nitrogens with one attached hydrogen (secondary N) is 2. The second kappa shape index (κ2) is 5.32. The maximum atomic E-state index is 11.5. The SMILES string of the molecule is Cc1cccc(C)c1CNCC(=O)NC1CC1. The summed E-state index contributed by atoms with van der Waals surface area (Å²) in [5.41, 5.74) is 3.85. The Labute approximate surface area is 103 Å². The summed E-state index contributed by atoms with van der Waals surface area (Å²) in [4.78, 5) is 11.5. The molecule has 0 unspecified atom stereocenters. The zero-order valence-corrected chi connectivity index (χ0v) is 10.5. The number of hydrogen-bond acceptors (Lipinski definition) is 2. The molecule has 0 bridgehead atoms. The minimum atomic E-state index is 0.110. The summed E-state index contributed by atoms with van der Waals surface area (Å²) in [6.45, 7) is 5.38. The van der Waals surface area contributed by atoms with Gasteiger partial charge >= 0.3 is 0 Å². The first kappa shape index (κ1) is 12.1. The van der Waals surface area contributed by atoms with Crippen LogP contribution in [0.1, 0.15) is 29.5 Å². The van der Waals surface area contributed by atoms with Gasteiger partial charge < -0.3 is 10.6 Å². The summed E-state index contributed by atoms with van der Waals surface area (Å²) in [7, 11) is 0. The van der Waals surface area contributed by atoms with Gasteiger partial charge in [0.05, 0.1) is 6.54 Å². The monoisotopic (exact) mass is 232 g/mol. The van der Waals surface area contributed by atoms with Crippen LogP contribution in [0.5, 0.6) is 0 Å². The standard InChI is InChI=1S/C14H20N2O/c1-10-4-3-5-11(2)13(10)8-15-9-14(17)16-12-6-7-12/h3-5,12,15H,6-9H2,1-2H3,(H,16,17). The number of carbonyl (C=O) groups excluding carboxylic acids is 1. The van der Waals surface area contributed by atoms with Crippen molar-refractivity contribution >= 4 is 5.91 Å². The zero-order chi connectivity index (χ0) is 12.3. The molecule has 1 aromatic rings. The first-order valence-corrected chi connectivity index (χ1v) is 6.22. The van der Waals surface area contributed by atoms with Crippen LogP contribution in [0, 0.1) is 13.8 Å². The van der Waals surface area contributed by atoms with E-state index in [1.165, 1.54) is 16.7 Å². The van der Waals surface area contributed by atoms with E-state index in [2.05, 4.69) is 42.7 Å². The number of aryl methyl sites for hydroxylation is 2. The first-order chi connectivity index (χ1) is 8.16. The fourth-order valence-corrected chi connectivity index (χ4v) is 1.94. The van der Waals surface area contributed by atoms with Gasteiger partial charge in [0.25, 0.3) is 0 Å². The van der Waals surface area contributed by atoms with Crippen molar-refractivity contribution in [2.24, 2.45) is 0 Å². The highest BCUT2D eigenvalue weighted by Gasteiger charge is 2.22. The molecule has 2 rings (SSSR count). The maximum Gasteiger partial charge on any atom is 0.234 e. The molecule has 0 aromatic heterocycles. The lowest BCUT2D eigenvalue weighted by Gasteiger charge is -2.10. The molecule has 1 aliphatic rings. The summed E-state index contributed by atoms with van der Waals surface area (Å²) < 4.78 is 0. The minimum Gasteiger partial charge on any atom is -0.352 e. The Morgan fingerprint density at radius 1 is 1.29 bits per heavy atom. The summed E-state index contributed by atoms with van der Waals surface area (Å²) >= 11 is 0. The fraction of sp³-hybridized carbons (Fsp3) is 0.500. The molecular formula is C14H20N2O. The van der Waals surface area contributed by atoms with E-state index in [0.717, 1.165) is 19.4 Å². The topological polar surface area (TPSA) is 41.1 Å². The highest BCUT2D eigenvalue weighted by atomic mass is 16.2. The van der Waals surface area contributed by atoms with Crippen molar-refractivity contribution in [2.75, 3.05) is 6.54 Å². The molecule has 0 aliphatic heterocycles. The summed E-state index contributed by atoms with van der Waals surface area (Å²) in [6, 6.07) is 6.72. The lowest BCUT2D eigenvalue weighted by atomic mass is 10.0. The van der Waals surface area contributed by atoms with E-state index in [0.29, 0.717) is 12.6 Å². The second-order valence-electron chi connectivity index (χ2n) is 4.82. The Morgan fingerprint density at radius 2 is 1.94 bits per heavy atom. The van der Waals surface area contributed by atoms with Gasteiger partial charge in [-0.3, -0.25) is 4.79 Å². The molecule has 1 amide bonds. The van der Waals surface area contributed by atoms with Crippen molar-refractivity contribution in [1.29, 1.82) is 0 Å². The van der Waals surface area contributed by atoms with Gasteiger partial charge in [0.1, 0.15) is 0 Å². The highest BCUT2D eigenvalue weighted by Crippen LogP contribution is 2.18. The summed E-state index contributed by atoms with van der Waals surface area (Å²) in [6.07, 6.45) is 2.28. The maximum absolute atomic E-state index is 11.5. The van der Waals surface area contributed by atoms with Crippen molar-refractivity contribution in [2.45, 2.75) is 39.3 Å². The molecule has 2 N–H and O–H groups in total. The van der Waals surface area contributed by atoms with Gasteiger partial charge in [0, 0.05) is 12.6 Å². The van der Waals surface area contributed by atoms with Crippen LogP contribution in [0.3, 0.4) is 0 Å². The molecular weight excluding hydrogens is 212 g/mol. The number of carbonyl (C=O) groups is 1. The number of amides is 1. The molecule has 92 valence electrons. The van der Waals surface area contributed by atoms with Crippen LogP contribution in [-0.2, 0) is 11.3 Å². The molecule has 1 aromatic carbocycles. The number of rotatable bonds is 5. The van der Waals surface area contributed by atoms with Crippen LogP contribution in [-0.4, -0.2) is 18.5 Å². The van der Waals surface area contributed by atoms with Crippen LogP contribution in [0.15, 0.2) is 18.2 Å². The summed E-state index contributed by atoms with van der Waals surface area (Å²) in [5, 5.41) is 6.17. The van der Waals surface area contributed by atoms with E-state index >= 15 is 0 Å². The molecule has 0 heterocycles. The van der Waals surface area contributed by atoms with Crippen LogP contribution in [0.25, 0.3) is 0 Å². The van der Waals surface area contributed by atoms with Crippen molar-refractivity contribution in [3.05, 3.63) is 34.9 Å². The minimum absolute atomic E-state index is 0.110. The van der Waals surface area contributed by atoms with Crippen LogP contribution in [0.2, 0.25) is 0 Å². The Balaban J connectivity index is 1.79. The van der Waals surface area contributed by atoms with Gasteiger partial charge in [0.2, 0.25) is 5.91 Å². The van der Waals surface area contributed by atoms with E-state index in [4.69, 9.17) is 0 Å². The van der Waals surface area contributed by atoms with Gasteiger partial charge in [-0.25, -0.2) is 0 Å². The third-order valence-corrected chi connectivity index (χ3v) is 3.17. The molecule has 0 atom stereocenters. The van der Waals surface area contributed by atoms with E-state index in [9.17, 15) is 4.79 Å². The average Bonchev–Trinajstić information content (AvgIpc) is 3.06. The predicted molar refractivity (Wildman–Crippen MR) is 68.8 cm³/mol. The van der Waals surface area contributed by atoms with Crippen molar-refractivity contribution in [3.63, 3.8) is 0 Å². The lowest BCUT2D eigenvalue weighted by Crippen LogP contribution is -2.35. The molecule has 1 fully saturated rings. The lowest BCUT2D eigenvalue weighted by molar-refractivity contribution is -0.120. The predicted octanol–water partition coefficient (Wildman–Crippen LogP) is 1.67. The number of benzene rings is 1. The second-order valence-corrected chi connectivity index (χ2v) is 4.82. The molecule has 0 spiro atoms. The van der Waals surface area contributed by atoms with Gasteiger partial charge in [-0.15, -0.1) is 0 Å². The fourth-order valence-electron chi connectivity index (χ4n) is 1.94. The van der Waals surface area contributed by atoms with Crippen LogP contribution in [0.4, 0.5) is 0 Å². The van der Waals surface area contributed by atoms with Gasteiger partial charge in [-0.05, 0) is 43.4 Å². The molecule has 3 heteroatoms. The molecule has 17 heavy (non-hydrogen) atoms. The molecule has 3 nitrogen and oxygen atoms in total. The van der Waals surface area contributed by atoms with Crippen molar-refractivity contribution in [1.82, 2.24) is 10.6 Å². The molecule has 0 radical (unpaired) electrons. The normalized spacial score (nSPS) is 14.7. The van der Waals surface area contributed by atoms with Crippen molar-refractivity contribution < 1.29 is 4.79 Å². The third kappa shape index (κ3) is 3.56. The van der Waals surface area contributed by atoms with E-state index < -0.39 is 0 Å². The number of hydrogen-bond donors (Lipinski definition) is 2. The first-order valence-electron chi connectivity index (χ1n) is 6.22. The van der Waals surface area contributed by atoms with Crippen molar-refractivity contribution in [3.8, 4) is 0 Å². The Bertz CT molecular complexity index is 390. The average molecular weight is 232 g/mol. The van der Waals surface area contributed by atoms with E-state index in [1.807, 2.05) is 0 Å². The smallest absolute Gasteiger partial charge is 0.234 e. The Morgan fingerprint density at radius 3 is 2.53 bits per heavy atom. The largest absolute Gasteiger partial charge is 0.352 e. The zero-order valence-electron chi connectivity index (χ0n) is 10.5. The van der Waals surface area contributed by atoms with Crippen LogP contribution >= 0.6 is 0 Å². The van der Waals surface area contributed by atoms with Crippen LogP contribution < -0.4 is 10.6 Å². The molecule has 1 aliphatic carbocycles. The Hall–Kier alpha value is -1.35. The van der Waals surface area contributed by atoms with Gasteiger partial charge in [0.15, 0.2) is 0 Å². The van der Waals surface area contributed by atoms with E-state index in [-0.39, 0.29) is 5.91 Å². The molecule has 1 saturated carbocycles. The van der Waals surface area contributed by atoms with Gasteiger partial charge in [-0.1, -0.05) is 18.2 Å². The summed E-state index contributed by atoms with van der Waals surface area (Å²) in [5.74, 6) is 0.110. The van der Waals surface area contributed by atoms with Gasteiger partial charge in [-0.2, -0.15) is 0 Å².